The van der Waals surface area contributed by atoms with E-state index in [9.17, 15) is 18.8 Å². The number of rotatable bonds is 9. The third-order valence-corrected chi connectivity index (χ3v) is 7.39. The van der Waals surface area contributed by atoms with E-state index >= 15 is 0 Å². The predicted octanol–water partition coefficient (Wildman–Crippen LogP) is 4.99. The van der Waals surface area contributed by atoms with Crippen molar-refractivity contribution in [1.29, 1.82) is 0 Å². The summed E-state index contributed by atoms with van der Waals surface area (Å²) in [5, 5.41) is 16.4. The van der Waals surface area contributed by atoms with Gasteiger partial charge in [-0.3, -0.25) is 24.2 Å². The van der Waals surface area contributed by atoms with E-state index in [2.05, 4.69) is 25.9 Å². The molecule has 0 aliphatic rings. The Hall–Kier alpha value is -5.03. The highest BCUT2D eigenvalue weighted by molar-refractivity contribution is 6.31. The molecule has 3 aromatic heterocycles. The van der Waals surface area contributed by atoms with Crippen LogP contribution >= 0.6 is 11.6 Å². The van der Waals surface area contributed by atoms with Crippen molar-refractivity contribution in [2.24, 2.45) is 7.05 Å². The summed E-state index contributed by atoms with van der Waals surface area (Å²) in [6.07, 6.45) is 6.34. The Kier molecular flexibility index (Phi) is 8.53. The molecule has 0 aliphatic carbocycles. The second-order valence-corrected chi connectivity index (χ2v) is 10.7. The third kappa shape index (κ3) is 6.57. The smallest absolute Gasteiger partial charge is 0.270 e. The normalized spacial score (nSPS) is 11.9. The van der Waals surface area contributed by atoms with Crippen molar-refractivity contribution >= 4 is 29.1 Å². The van der Waals surface area contributed by atoms with E-state index in [1.165, 1.54) is 41.3 Å². The largest absolute Gasteiger partial charge is 0.339 e. The first-order chi connectivity index (χ1) is 20.6. The second kappa shape index (κ2) is 12.5. The summed E-state index contributed by atoms with van der Waals surface area (Å²) in [5.41, 5.74) is 3.40. The van der Waals surface area contributed by atoms with Gasteiger partial charge in [-0.15, -0.1) is 0 Å². The van der Waals surface area contributed by atoms with Gasteiger partial charge in [0, 0.05) is 66.0 Å². The van der Waals surface area contributed by atoms with Crippen LogP contribution < -0.4 is 16.2 Å². The summed E-state index contributed by atoms with van der Waals surface area (Å²) in [6, 6.07) is 13.3. The number of carbonyl (C=O) groups is 2. The number of pyridine rings is 1. The van der Waals surface area contributed by atoms with Gasteiger partial charge in [0.25, 0.3) is 11.5 Å². The number of H-pyrrole nitrogens is 1. The Morgan fingerprint density at radius 2 is 1.84 bits per heavy atom. The standard InChI is InChI=1S/C31H29ClFN7O3/c1-18(2)40-17-20(5-9-29(40)41)19-4-8-25(32)21(12-19)13-27(38-31(43)28-10-11-36-39(28)3)30(42)37-23-6-7-24(26(33)14-23)22-15-34-35-16-22/h4-12,14-18,27H,13H2,1-3H3,(H,34,35)(H,37,42)(H,38,43). The van der Waals surface area contributed by atoms with Crippen LogP contribution in [0.5, 0.6) is 0 Å². The maximum Gasteiger partial charge on any atom is 0.270 e. The number of halogens is 2. The molecule has 5 aromatic rings. The van der Waals surface area contributed by atoms with Crippen molar-refractivity contribution in [2.45, 2.75) is 32.4 Å². The Morgan fingerprint density at radius 3 is 2.51 bits per heavy atom. The molecule has 43 heavy (non-hydrogen) atoms. The highest BCUT2D eigenvalue weighted by atomic mass is 35.5. The molecule has 0 fully saturated rings. The first-order valence-electron chi connectivity index (χ1n) is 13.5. The number of aryl methyl sites for hydroxylation is 1. The van der Waals surface area contributed by atoms with Crippen molar-refractivity contribution in [3.05, 3.63) is 112 Å². The van der Waals surface area contributed by atoms with Gasteiger partial charge in [0.2, 0.25) is 5.91 Å². The molecule has 0 saturated carbocycles. The van der Waals surface area contributed by atoms with Gasteiger partial charge in [-0.05, 0) is 73.0 Å². The van der Waals surface area contributed by atoms with Crippen LogP contribution in [0.2, 0.25) is 5.02 Å². The van der Waals surface area contributed by atoms with Crippen LogP contribution in [0.3, 0.4) is 0 Å². The highest BCUT2D eigenvalue weighted by Crippen LogP contribution is 2.27. The molecular weight excluding hydrogens is 573 g/mol. The number of aromatic amines is 1. The minimum absolute atomic E-state index is 0.0293. The lowest BCUT2D eigenvalue weighted by atomic mass is 9.99. The van der Waals surface area contributed by atoms with Crippen LogP contribution in [0.4, 0.5) is 10.1 Å². The average molecular weight is 602 g/mol. The number of anilines is 1. The fraction of sp³-hybridized carbons (Fsp3) is 0.194. The van der Waals surface area contributed by atoms with Crippen LogP contribution in [0, 0.1) is 5.82 Å². The zero-order valence-corrected chi connectivity index (χ0v) is 24.4. The molecule has 2 aromatic carbocycles. The molecular formula is C31H29ClFN7O3. The molecule has 0 bridgehead atoms. The van der Waals surface area contributed by atoms with E-state index in [1.54, 1.807) is 42.2 Å². The van der Waals surface area contributed by atoms with E-state index < -0.39 is 23.7 Å². The lowest BCUT2D eigenvalue weighted by Crippen LogP contribution is -2.45. The third-order valence-electron chi connectivity index (χ3n) is 7.02. The first kappa shape index (κ1) is 29.5. The van der Waals surface area contributed by atoms with Gasteiger partial charge in [0.15, 0.2) is 0 Å². The van der Waals surface area contributed by atoms with Crippen LogP contribution in [0.15, 0.2) is 84.2 Å². The van der Waals surface area contributed by atoms with Crippen molar-refractivity contribution in [3.8, 4) is 22.3 Å². The molecule has 220 valence electrons. The number of hydrogen-bond acceptors (Lipinski definition) is 5. The van der Waals surface area contributed by atoms with E-state index in [-0.39, 0.29) is 29.4 Å². The minimum atomic E-state index is -1.09. The van der Waals surface area contributed by atoms with E-state index in [1.807, 2.05) is 26.0 Å². The summed E-state index contributed by atoms with van der Waals surface area (Å²) >= 11 is 6.58. The fourth-order valence-electron chi connectivity index (χ4n) is 4.70. The fourth-order valence-corrected chi connectivity index (χ4v) is 4.90. The van der Waals surface area contributed by atoms with Crippen LogP contribution in [0.1, 0.15) is 35.9 Å². The van der Waals surface area contributed by atoms with Crippen LogP contribution in [-0.2, 0) is 18.3 Å². The second-order valence-electron chi connectivity index (χ2n) is 10.3. The van der Waals surface area contributed by atoms with Gasteiger partial charge >= 0.3 is 0 Å². The SMILES string of the molecule is CC(C)n1cc(-c2ccc(Cl)c(CC(NC(=O)c3ccnn3C)C(=O)Nc3ccc(-c4cn[nH]c4)c(F)c3)c2)ccc1=O. The molecule has 0 saturated heterocycles. The Labute approximate surface area is 251 Å². The van der Waals surface area contributed by atoms with Gasteiger partial charge in [0.1, 0.15) is 17.6 Å². The van der Waals surface area contributed by atoms with Crippen LogP contribution in [-0.4, -0.2) is 42.4 Å². The molecule has 3 heterocycles. The molecule has 2 amide bonds. The predicted molar refractivity (Wildman–Crippen MR) is 162 cm³/mol. The number of nitrogens with zero attached hydrogens (tertiary/aromatic N) is 4. The Morgan fingerprint density at radius 1 is 1.05 bits per heavy atom. The highest BCUT2D eigenvalue weighted by Gasteiger charge is 2.25. The van der Waals surface area contributed by atoms with Gasteiger partial charge < -0.3 is 15.2 Å². The van der Waals surface area contributed by atoms with E-state index in [0.717, 1.165) is 11.1 Å². The lowest BCUT2D eigenvalue weighted by Gasteiger charge is -2.20. The minimum Gasteiger partial charge on any atom is -0.339 e. The summed E-state index contributed by atoms with van der Waals surface area (Å²) in [5.74, 6) is -1.63. The zero-order chi connectivity index (χ0) is 30.7. The van der Waals surface area contributed by atoms with Gasteiger partial charge in [0.05, 0.1) is 6.20 Å². The van der Waals surface area contributed by atoms with Crippen LogP contribution in [0.25, 0.3) is 22.3 Å². The van der Waals surface area contributed by atoms with Gasteiger partial charge in [-0.2, -0.15) is 10.2 Å². The number of aromatic nitrogens is 5. The van der Waals surface area contributed by atoms with Crippen molar-refractivity contribution in [1.82, 2.24) is 29.9 Å². The quantitative estimate of drug-likeness (QED) is 0.219. The number of hydrogen-bond donors (Lipinski definition) is 3. The van der Waals surface area contributed by atoms with Crippen molar-refractivity contribution in [3.63, 3.8) is 0 Å². The molecule has 0 radical (unpaired) electrons. The van der Waals surface area contributed by atoms with Gasteiger partial charge in [-0.1, -0.05) is 17.7 Å². The van der Waals surface area contributed by atoms with Crippen molar-refractivity contribution in [2.75, 3.05) is 5.32 Å². The molecule has 1 unspecified atom stereocenters. The number of amides is 2. The summed E-state index contributed by atoms with van der Waals surface area (Å²) in [7, 11) is 1.62. The van der Waals surface area contributed by atoms with Crippen molar-refractivity contribution < 1.29 is 14.0 Å². The summed E-state index contributed by atoms with van der Waals surface area (Å²) < 4.78 is 17.9. The topological polar surface area (TPSA) is 127 Å². The average Bonchev–Trinajstić information content (AvgIpc) is 3.66. The zero-order valence-electron chi connectivity index (χ0n) is 23.6. The van der Waals surface area contributed by atoms with Gasteiger partial charge in [-0.25, -0.2) is 4.39 Å². The Balaban J connectivity index is 1.44. The summed E-state index contributed by atoms with van der Waals surface area (Å²) in [6.45, 7) is 3.84. The molecule has 10 nitrogen and oxygen atoms in total. The maximum atomic E-state index is 14.9. The molecule has 0 spiro atoms. The molecule has 0 aliphatic heterocycles. The maximum absolute atomic E-state index is 14.9. The number of carbonyl (C=O) groups excluding carboxylic acids is 2. The lowest BCUT2D eigenvalue weighted by molar-refractivity contribution is -0.118. The monoisotopic (exact) mass is 601 g/mol. The first-order valence-corrected chi connectivity index (χ1v) is 13.9. The molecule has 3 N–H and O–H groups in total. The summed E-state index contributed by atoms with van der Waals surface area (Å²) in [4.78, 5) is 39.0. The number of nitrogens with one attached hydrogen (secondary N) is 3. The van der Waals surface area contributed by atoms with E-state index in [4.69, 9.17) is 11.6 Å². The van der Waals surface area contributed by atoms with E-state index in [0.29, 0.717) is 21.7 Å². The molecule has 12 heteroatoms. The molecule has 5 rings (SSSR count). The molecule has 1 atom stereocenters. The number of benzene rings is 2. The Bertz CT molecular complexity index is 1850.